The summed E-state index contributed by atoms with van der Waals surface area (Å²) in [4.78, 5) is 5.58. The highest BCUT2D eigenvalue weighted by Gasteiger charge is 2.48. The van der Waals surface area contributed by atoms with Gasteiger partial charge >= 0.3 is 0 Å². The second-order valence-electron chi connectivity index (χ2n) is 42.7. The lowest BCUT2D eigenvalue weighted by atomic mass is 9.33. The summed E-state index contributed by atoms with van der Waals surface area (Å²) in [5, 5.41) is 21.2. The zero-order valence-corrected chi connectivity index (χ0v) is 77.4. The average molecular weight is 1680 g/mol. The summed E-state index contributed by atoms with van der Waals surface area (Å²) in [7, 11) is 0. The van der Waals surface area contributed by atoms with Crippen LogP contribution in [0.2, 0.25) is 0 Å². The molecule has 25 rings (SSSR count). The minimum Gasteiger partial charge on any atom is -0.310 e. The largest absolute Gasteiger partial charge is 0.310 e. The van der Waals surface area contributed by atoms with Gasteiger partial charge in [0.05, 0.1) is 33.4 Å². The summed E-state index contributed by atoms with van der Waals surface area (Å²) in [5.74, 6) is 0. The van der Waals surface area contributed by atoms with Crippen molar-refractivity contribution >= 4 is 165 Å². The Balaban J connectivity index is 0.879. The van der Waals surface area contributed by atoms with Crippen LogP contribution in [-0.4, -0.2) is 15.8 Å². The van der Waals surface area contributed by atoms with Crippen molar-refractivity contribution in [3.8, 4) is 78.1 Å². The van der Waals surface area contributed by atoms with Crippen LogP contribution in [0.1, 0.15) is 132 Å². The van der Waals surface area contributed by atoms with Gasteiger partial charge in [-0.05, 0) is 265 Å². The Labute approximate surface area is 767 Å². The van der Waals surface area contributed by atoms with Gasteiger partial charge in [0.15, 0.2) is 0 Å². The van der Waals surface area contributed by atoms with Gasteiger partial charge in [0.25, 0.3) is 6.71 Å². The van der Waals surface area contributed by atoms with E-state index in [0.717, 1.165) is 112 Å². The molecule has 2 aliphatic heterocycles. The lowest BCUT2D eigenvalue weighted by Gasteiger charge is -2.46. The number of nitrogens with zero attached hydrogens (tertiary/aromatic N) is 4. The zero-order chi connectivity index (χ0) is 89.1. The van der Waals surface area contributed by atoms with Gasteiger partial charge in [-0.2, -0.15) is 0 Å². The minimum atomic E-state index is -0.409. The Hall–Kier alpha value is -14.5. The SMILES string of the molecule is CC(C)(C)c1cc2c3c(c1)N(c1c(-c4ccccc4)cc(-c4ccccc4)cc1-c1ccccc1)c1cc(-n4c5cc(C(C)(C)C)c6cccc7c8cccc9c(C(C)(C)C)cc4c(c98)c5c67)ccc1B3c1ccc(-n3c4cc(C(C)(C)C)c5cccc6c7cccc8c(C(C)(C)C)cc3c(c87)c4c56)cc1N2c1c(-c2ccccc2)cc(-c2ccccc2)cc1-c1ccccc1. The summed E-state index contributed by atoms with van der Waals surface area (Å²) in [6, 6.07) is 137. The molecule has 0 fully saturated rings. The smallest absolute Gasteiger partial charge is 0.252 e. The maximum atomic E-state index is 2.79. The highest BCUT2D eigenvalue weighted by Crippen LogP contribution is 2.60. The standard InChI is InChI=1S/C126H103BN4/c1-122(2,3)82-66-109-119-110(67-82)131(121-95(78-46-30-20-31-47-78)64-81(75-40-24-17-25-41-75)65-96(121)79-48-32-21-33-49-79)104-69-84(129-107-72-99(125(10,11)12)91-56-36-52-87-88-53-37-57-92-100(126(13,14)15)73-108(129)118(114(88)92)117(107)113(87)91)59-61-102(104)127(119)101-60-58-83(68-103(101)130(109)120-93(76-42-26-18-27-43-76)62-80(74-38-22-16-23-39-74)63-94(120)77-44-28-19-29-45-77)128-105-70-97(123(4,5)6)89-54-34-50-85-86-51-35-55-90-98(124(7,8)9)71-106(128)116(112(86)90)115(105)111(85)89/h16-73H,1-15H3. The first-order valence-corrected chi connectivity index (χ1v) is 47.0. The molecule has 21 aromatic carbocycles. The van der Waals surface area contributed by atoms with Crippen molar-refractivity contribution in [3.05, 3.63) is 380 Å². The number of benzene rings is 21. The average Bonchev–Trinajstić information content (AvgIpc) is 1.58. The van der Waals surface area contributed by atoms with Crippen LogP contribution in [0, 0.1) is 0 Å². The molecule has 2 aromatic heterocycles. The lowest BCUT2D eigenvalue weighted by Crippen LogP contribution is -2.61. The molecule has 0 bridgehead atoms. The van der Waals surface area contributed by atoms with Crippen molar-refractivity contribution in [1.29, 1.82) is 0 Å². The van der Waals surface area contributed by atoms with Crippen LogP contribution < -0.4 is 26.2 Å². The first-order valence-electron chi connectivity index (χ1n) is 47.0. The third-order valence-electron chi connectivity index (χ3n) is 29.5. The van der Waals surface area contributed by atoms with Crippen molar-refractivity contribution in [2.75, 3.05) is 9.80 Å². The number of aromatic nitrogens is 2. The maximum Gasteiger partial charge on any atom is 0.252 e. The fraction of sp³-hybridized carbons (Fsp3) is 0.159. The summed E-state index contributed by atoms with van der Waals surface area (Å²) >= 11 is 0. The molecule has 4 nitrogen and oxygen atoms in total. The number of rotatable bonds is 10. The molecule has 0 unspecified atom stereocenters. The predicted octanol–water partition coefficient (Wildman–Crippen LogP) is 33.1. The molecule has 4 heterocycles. The van der Waals surface area contributed by atoms with E-state index >= 15 is 0 Å². The van der Waals surface area contributed by atoms with Gasteiger partial charge < -0.3 is 18.9 Å². The molecule has 0 saturated heterocycles. The third-order valence-corrected chi connectivity index (χ3v) is 29.5. The normalized spacial score (nSPS) is 13.4. The Morgan fingerprint density at radius 1 is 0.198 bits per heavy atom. The van der Waals surface area contributed by atoms with E-state index in [0.29, 0.717) is 0 Å². The van der Waals surface area contributed by atoms with E-state index in [1.165, 1.54) is 152 Å². The molecule has 0 spiro atoms. The van der Waals surface area contributed by atoms with Crippen LogP contribution in [0.25, 0.3) is 186 Å². The Morgan fingerprint density at radius 2 is 0.450 bits per heavy atom. The van der Waals surface area contributed by atoms with Crippen molar-refractivity contribution in [2.45, 2.75) is 131 Å². The van der Waals surface area contributed by atoms with Gasteiger partial charge in [0, 0.05) is 77.9 Å². The third kappa shape index (κ3) is 11.6. The molecule has 0 aliphatic carbocycles. The van der Waals surface area contributed by atoms with E-state index in [1.807, 2.05) is 0 Å². The van der Waals surface area contributed by atoms with E-state index < -0.39 is 5.41 Å². The van der Waals surface area contributed by atoms with Crippen LogP contribution in [0.3, 0.4) is 0 Å². The summed E-state index contributed by atoms with van der Waals surface area (Å²) in [5.41, 5.74) is 36.5. The Morgan fingerprint density at radius 3 is 0.702 bits per heavy atom. The second-order valence-corrected chi connectivity index (χ2v) is 42.7. The van der Waals surface area contributed by atoms with Crippen LogP contribution in [0.4, 0.5) is 34.1 Å². The molecule has 0 radical (unpaired) electrons. The Bertz CT molecular complexity index is 7760. The van der Waals surface area contributed by atoms with Gasteiger partial charge in [0.1, 0.15) is 0 Å². The highest BCUT2D eigenvalue weighted by atomic mass is 15.2. The van der Waals surface area contributed by atoms with Crippen molar-refractivity contribution in [1.82, 2.24) is 9.13 Å². The monoisotopic (exact) mass is 1680 g/mol. The lowest BCUT2D eigenvalue weighted by molar-refractivity contribution is 0.590. The van der Waals surface area contributed by atoms with Gasteiger partial charge in [-0.15, -0.1) is 0 Å². The number of hydrogen-bond donors (Lipinski definition) is 0. The molecular formula is C126H103BN4. The second kappa shape index (κ2) is 28.0. The molecule has 0 amide bonds. The molecule has 0 N–H and O–H groups in total. The van der Waals surface area contributed by atoms with Crippen molar-refractivity contribution < 1.29 is 0 Å². The minimum absolute atomic E-state index is 0.212. The molecule has 0 saturated carbocycles. The number of hydrogen-bond acceptors (Lipinski definition) is 2. The van der Waals surface area contributed by atoms with Crippen molar-refractivity contribution in [3.63, 3.8) is 0 Å². The zero-order valence-electron chi connectivity index (χ0n) is 77.4. The first kappa shape index (κ1) is 78.7. The van der Waals surface area contributed by atoms with Gasteiger partial charge in [-0.3, -0.25) is 0 Å². The highest BCUT2D eigenvalue weighted by molar-refractivity contribution is 7.00. The predicted molar refractivity (Wildman–Crippen MR) is 565 cm³/mol. The van der Waals surface area contributed by atoms with Gasteiger partial charge in [-0.25, -0.2) is 0 Å². The van der Waals surface area contributed by atoms with E-state index in [4.69, 9.17) is 0 Å². The van der Waals surface area contributed by atoms with Crippen LogP contribution in [0.5, 0.6) is 0 Å². The molecule has 0 atom stereocenters. The van der Waals surface area contributed by atoms with E-state index in [-0.39, 0.29) is 28.4 Å². The fourth-order valence-corrected chi connectivity index (χ4v) is 23.6. The molecule has 23 aromatic rings. The maximum absolute atomic E-state index is 2.79. The fourth-order valence-electron chi connectivity index (χ4n) is 23.6. The van der Waals surface area contributed by atoms with E-state index in [2.05, 4.69) is 475 Å². The van der Waals surface area contributed by atoms with E-state index in [9.17, 15) is 0 Å². The topological polar surface area (TPSA) is 16.3 Å². The quantitative estimate of drug-likeness (QED) is 0.0771. The number of fused-ring (bicyclic) bond motifs is 6. The number of anilines is 6. The van der Waals surface area contributed by atoms with Crippen LogP contribution in [0.15, 0.2) is 352 Å². The molecular weight excluding hydrogens is 1580 g/mol. The van der Waals surface area contributed by atoms with Crippen molar-refractivity contribution in [2.24, 2.45) is 0 Å². The van der Waals surface area contributed by atoms with Gasteiger partial charge in [-0.1, -0.05) is 371 Å². The van der Waals surface area contributed by atoms with E-state index in [1.54, 1.807) is 0 Å². The summed E-state index contributed by atoms with van der Waals surface area (Å²) in [6.07, 6.45) is 0. The Kier molecular flexibility index (Phi) is 16.8. The van der Waals surface area contributed by atoms with Crippen LogP contribution in [-0.2, 0) is 27.1 Å². The van der Waals surface area contributed by atoms with Crippen LogP contribution >= 0.6 is 0 Å². The summed E-state index contributed by atoms with van der Waals surface area (Å²) in [6.45, 7) is 35.9. The molecule has 630 valence electrons. The van der Waals surface area contributed by atoms with Gasteiger partial charge in [0.2, 0.25) is 0 Å². The summed E-state index contributed by atoms with van der Waals surface area (Å²) < 4.78 is 5.42. The molecule has 2 aliphatic rings. The molecule has 131 heavy (non-hydrogen) atoms. The first-order chi connectivity index (χ1) is 63.2. The molecule has 5 heteroatoms.